The van der Waals surface area contributed by atoms with Gasteiger partial charge in [0.25, 0.3) is 5.91 Å². The number of carbonyl (C=O) groups is 1. The minimum Gasteiger partial charge on any atom is -0.346 e. The fourth-order valence-electron chi connectivity index (χ4n) is 5.67. The molecule has 6 heteroatoms. The van der Waals surface area contributed by atoms with Crippen LogP contribution in [0.5, 0.6) is 0 Å². The number of amides is 1. The molecule has 38 heavy (non-hydrogen) atoms. The first-order valence-corrected chi connectivity index (χ1v) is 14.6. The van der Waals surface area contributed by atoms with Crippen LogP contribution in [0.3, 0.4) is 0 Å². The Labute approximate surface area is 239 Å². The number of benzene rings is 2. The number of H-pyrrole nitrogens is 1. The normalized spacial score (nSPS) is 17.8. The van der Waals surface area contributed by atoms with Crippen LogP contribution >= 0.6 is 22.6 Å². The summed E-state index contributed by atoms with van der Waals surface area (Å²) >= 11 is 2.55. The van der Waals surface area contributed by atoms with Crippen LogP contribution in [0.15, 0.2) is 61.1 Å². The van der Waals surface area contributed by atoms with Crippen LogP contribution in [-0.4, -0.2) is 24.4 Å². The van der Waals surface area contributed by atoms with E-state index < -0.39 is 3.55 Å². The Morgan fingerprint density at radius 2 is 1.79 bits per heavy atom. The third kappa shape index (κ3) is 4.88. The summed E-state index contributed by atoms with van der Waals surface area (Å²) in [4.78, 5) is 25.7. The summed E-state index contributed by atoms with van der Waals surface area (Å²) in [6.45, 7) is 13.3. The van der Waals surface area contributed by atoms with Crippen molar-refractivity contribution in [3.05, 3.63) is 83.3 Å². The fourth-order valence-corrected chi connectivity index (χ4v) is 7.29. The minimum atomic E-state index is -0.415. The molecule has 1 amide bonds. The molecule has 0 aliphatic heterocycles. The Balaban J connectivity index is 1.47. The van der Waals surface area contributed by atoms with E-state index in [1.54, 1.807) is 6.33 Å². The lowest BCUT2D eigenvalue weighted by Gasteiger charge is -2.42. The zero-order valence-corrected chi connectivity index (χ0v) is 25.3. The summed E-state index contributed by atoms with van der Waals surface area (Å²) in [5.41, 5.74) is 7.58. The lowest BCUT2D eigenvalue weighted by molar-refractivity contribution is 0.0895. The molecule has 0 bridgehead atoms. The Bertz CT molecular complexity index is 1470. The number of aromatic nitrogens is 3. The van der Waals surface area contributed by atoms with Crippen molar-refractivity contribution < 1.29 is 4.79 Å². The molecule has 1 aliphatic rings. The van der Waals surface area contributed by atoms with Gasteiger partial charge in [-0.2, -0.15) is 0 Å². The topological polar surface area (TPSA) is 70.7 Å². The predicted octanol–water partition coefficient (Wildman–Crippen LogP) is 7.81. The van der Waals surface area contributed by atoms with E-state index >= 15 is 0 Å². The van der Waals surface area contributed by atoms with Crippen LogP contribution in [0.4, 0.5) is 0 Å². The van der Waals surface area contributed by atoms with Crippen LogP contribution in [-0.2, 0) is 11.8 Å². The molecule has 2 unspecified atom stereocenters. The Hall–Kier alpha value is -2.74. The van der Waals surface area contributed by atoms with Gasteiger partial charge in [0, 0.05) is 28.6 Å². The molecule has 2 heterocycles. The quantitative estimate of drug-likeness (QED) is 0.131. The lowest BCUT2D eigenvalue weighted by Crippen LogP contribution is -2.53. The molecule has 2 aromatic carbocycles. The van der Waals surface area contributed by atoms with E-state index in [1.165, 1.54) is 16.7 Å². The molecule has 0 saturated heterocycles. The summed E-state index contributed by atoms with van der Waals surface area (Å²) < 4.78 is -0.415. The second kappa shape index (κ2) is 10.1. The number of rotatable bonds is 6. The number of nitrogens with one attached hydrogen (secondary N) is 2. The van der Waals surface area contributed by atoms with E-state index in [2.05, 4.69) is 115 Å². The number of hydrogen-bond acceptors (Lipinski definition) is 3. The summed E-state index contributed by atoms with van der Waals surface area (Å²) in [5.74, 6) is 0.910. The summed E-state index contributed by atoms with van der Waals surface area (Å²) in [6, 6.07) is 16.8. The average Bonchev–Trinajstić information content (AvgIpc) is 3.54. The summed E-state index contributed by atoms with van der Waals surface area (Å²) in [5, 5.41) is 4.55. The summed E-state index contributed by atoms with van der Waals surface area (Å²) in [7, 11) is 0. The van der Waals surface area contributed by atoms with Gasteiger partial charge in [-0.05, 0) is 71.0 Å². The molecule has 3 atom stereocenters. The number of aryl methyl sites for hydroxylation is 1. The summed E-state index contributed by atoms with van der Waals surface area (Å²) in [6.07, 6.45) is 5.52. The van der Waals surface area contributed by atoms with Crippen LogP contribution in [0.25, 0.3) is 22.3 Å². The number of halogens is 1. The number of alkyl halides is 1. The second-order valence-electron chi connectivity index (χ2n) is 12.0. The maximum absolute atomic E-state index is 13.6. The number of fused-ring (bicyclic) bond motifs is 2. The molecule has 5 nitrogen and oxygen atoms in total. The Morgan fingerprint density at radius 1 is 1.05 bits per heavy atom. The van der Waals surface area contributed by atoms with Gasteiger partial charge >= 0.3 is 0 Å². The zero-order valence-electron chi connectivity index (χ0n) is 23.1. The first-order valence-electron chi connectivity index (χ1n) is 13.5. The molecule has 0 saturated carbocycles. The number of hydrogen-bond donors (Lipinski definition) is 2. The van der Waals surface area contributed by atoms with Gasteiger partial charge < -0.3 is 10.3 Å². The Morgan fingerprint density at radius 3 is 2.47 bits per heavy atom. The highest BCUT2D eigenvalue weighted by Crippen LogP contribution is 2.50. The highest BCUT2D eigenvalue weighted by Gasteiger charge is 2.46. The molecular formula is C32H37IN4O. The van der Waals surface area contributed by atoms with Gasteiger partial charge in [0.2, 0.25) is 0 Å². The van der Waals surface area contributed by atoms with E-state index in [1.807, 2.05) is 24.4 Å². The molecule has 0 spiro atoms. The molecule has 4 aromatic rings. The van der Waals surface area contributed by atoms with E-state index in [0.29, 0.717) is 11.5 Å². The minimum absolute atomic E-state index is 0.00624. The van der Waals surface area contributed by atoms with E-state index in [-0.39, 0.29) is 23.2 Å². The SMILES string of the molecule is CC(C)[C@H](C)C(I)(NC(=O)c1ccc(C(C)(C)C)cc1)C1CCc2cc(-c3ncnc4[nH]ccc34)ccc21. The maximum atomic E-state index is 13.6. The molecule has 5 rings (SSSR count). The first kappa shape index (κ1) is 26.9. The van der Waals surface area contributed by atoms with Crippen molar-refractivity contribution in [2.75, 3.05) is 0 Å². The monoisotopic (exact) mass is 620 g/mol. The van der Waals surface area contributed by atoms with Crippen molar-refractivity contribution in [2.45, 2.75) is 69.3 Å². The number of aromatic amines is 1. The zero-order chi connectivity index (χ0) is 27.2. The van der Waals surface area contributed by atoms with Crippen LogP contribution in [0.2, 0.25) is 0 Å². The van der Waals surface area contributed by atoms with Gasteiger partial charge in [0.15, 0.2) is 0 Å². The molecule has 2 aromatic heterocycles. The highest BCUT2D eigenvalue weighted by atomic mass is 127. The first-order chi connectivity index (χ1) is 18.0. The van der Waals surface area contributed by atoms with Crippen molar-refractivity contribution >= 4 is 39.5 Å². The van der Waals surface area contributed by atoms with Crippen molar-refractivity contribution in [3.8, 4) is 11.3 Å². The fraction of sp³-hybridized carbons (Fsp3) is 0.406. The molecule has 0 radical (unpaired) electrons. The lowest BCUT2D eigenvalue weighted by atomic mass is 9.79. The Kier molecular flexibility index (Phi) is 7.14. The van der Waals surface area contributed by atoms with Crippen molar-refractivity contribution in [1.82, 2.24) is 20.3 Å². The molecule has 1 aliphatic carbocycles. The van der Waals surface area contributed by atoms with E-state index in [0.717, 1.165) is 35.1 Å². The van der Waals surface area contributed by atoms with Crippen molar-refractivity contribution in [1.29, 1.82) is 0 Å². The van der Waals surface area contributed by atoms with Crippen LogP contribution in [0.1, 0.15) is 80.9 Å². The van der Waals surface area contributed by atoms with Crippen LogP contribution < -0.4 is 5.32 Å². The number of nitrogens with zero attached hydrogens (tertiary/aromatic N) is 2. The van der Waals surface area contributed by atoms with Gasteiger partial charge in [-0.1, -0.05) is 88.4 Å². The van der Waals surface area contributed by atoms with Crippen LogP contribution in [0, 0.1) is 11.8 Å². The largest absolute Gasteiger partial charge is 0.346 e. The third-order valence-electron chi connectivity index (χ3n) is 8.34. The average molecular weight is 621 g/mol. The van der Waals surface area contributed by atoms with E-state index in [4.69, 9.17) is 0 Å². The predicted molar refractivity (Wildman–Crippen MR) is 164 cm³/mol. The standard InChI is InChI=1S/C32H37IN4O/c1-19(2)20(3)32(33,37-30(38)21-7-11-24(12-8-21)31(4,5)6)27-14-10-22-17-23(9-13-25(22)27)28-26-15-16-34-29(26)36-18-35-28/h7-9,11-13,15-20,27H,10,14H2,1-6H3,(H,37,38)(H,34,35,36)/t20-,27?,32?/m0/s1. The van der Waals surface area contributed by atoms with Gasteiger partial charge in [-0.25, -0.2) is 9.97 Å². The molecular weight excluding hydrogens is 583 g/mol. The molecule has 2 N–H and O–H groups in total. The van der Waals surface area contributed by atoms with Gasteiger partial charge in [0.1, 0.15) is 15.5 Å². The maximum Gasteiger partial charge on any atom is 0.252 e. The second-order valence-corrected chi connectivity index (χ2v) is 13.8. The molecule has 198 valence electrons. The highest BCUT2D eigenvalue weighted by molar-refractivity contribution is 14.1. The van der Waals surface area contributed by atoms with Crippen molar-refractivity contribution in [2.24, 2.45) is 11.8 Å². The third-order valence-corrected chi connectivity index (χ3v) is 10.3. The van der Waals surface area contributed by atoms with Gasteiger partial charge in [-0.15, -0.1) is 0 Å². The van der Waals surface area contributed by atoms with Gasteiger partial charge in [0.05, 0.1) is 5.69 Å². The smallest absolute Gasteiger partial charge is 0.252 e. The van der Waals surface area contributed by atoms with E-state index in [9.17, 15) is 4.79 Å². The van der Waals surface area contributed by atoms with Crippen molar-refractivity contribution in [3.63, 3.8) is 0 Å². The molecule has 0 fully saturated rings. The van der Waals surface area contributed by atoms with Gasteiger partial charge in [-0.3, -0.25) is 4.79 Å². The number of carbonyl (C=O) groups excluding carboxylic acids is 1.